The fraction of sp³-hybridized carbons (Fsp3) is 0.667. The summed E-state index contributed by atoms with van der Waals surface area (Å²) in [5.41, 5.74) is 3.18. The highest BCUT2D eigenvalue weighted by Gasteiger charge is 2.50. The summed E-state index contributed by atoms with van der Waals surface area (Å²) in [4.78, 5) is 0. The molecular formula is C18H28FN. The molecule has 0 amide bonds. The van der Waals surface area contributed by atoms with Crippen LogP contribution in [0.2, 0.25) is 0 Å². The minimum absolute atomic E-state index is 0.0491. The first-order chi connectivity index (χ1) is 9.43. The third kappa shape index (κ3) is 2.50. The van der Waals surface area contributed by atoms with Crippen molar-refractivity contribution < 1.29 is 4.39 Å². The smallest absolute Gasteiger partial charge is 0.129 e. The van der Waals surface area contributed by atoms with Crippen LogP contribution >= 0.6 is 0 Å². The molecule has 2 rings (SSSR count). The van der Waals surface area contributed by atoms with Gasteiger partial charge in [0.25, 0.3) is 0 Å². The number of nitrogens with one attached hydrogen (secondary N) is 1. The van der Waals surface area contributed by atoms with Crippen LogP contribution in [0.1, 0.15) is 62.6 Å². The van der Waals surface area contributed by atoms with E-state index < -0.39 is 0 Å². The van der Waals surface area contributed by atoms with Crippen LogP contribution < -0.4 is 5.32 Å². The van der Waals surface area contributed by atoms with E-state index in [4.69, 9.17) is 0 Å². The normalized spacial score (nSPS) is 29.3. The Balaban J connectivity index is 2.22. The van der Waals surface area contributed by atoms with Crippen molar-refractivity contribution in [2.24, 2.45) is 5.41 Å². The van der Waals surface area contributed by atoms with Crippen molar-refractivity contribution in [3.63, 3.8) is 0 Å². The summed E-state index contributed by atoms with van der Waals surface area (Å²) in [6.07, 6.45) is 3.51. The largest absolute Gasteiger partial charge is 0.313 e. The summed E-state index contributed by atoms with van der Waals surface area (Å²) in [5.74, 6) is 0.506. The van der Waals surface area contributed by atoms with Gasteiger partial charge < -0.3 is 5.32 Å². The van der Waals surface area contributed by atoms with Crippen LogP contribution in [0.5, 0.6) is 0 Å². The van der Waals surface area contributed by atoms with Gasteiger partial charge >= 0.3 is 0 Å². The molecule has 0 saturated heterocycles. The Morgan fingerprint density at radius 1 is 1.25 bits per heavy atom. The average Bonchev–Trinajstić information content (AvgIpc) is 2.42. The number of hydrogen-bond donors (Lipinski definition) is 1. The van der Waals surface area contributed by atoms with Crippen molar-refractivity contribution in [2.75, 3.05) is 6.54 Å². The van der Waals surface area contributed by atoms with Gasteiger partial charge in [-0.3, -0.25) is 0 Å². The number of halogens is 1. The van der Waals surface area contributed by atoms with Gasteiger partial charge in [0.1, 0.15) is 5.82 Å². The molecule has 1 aliphatic rings. The molecule has 20 heavy (non-hydrogen) atoms. The highest BCUT2D eigenvalue weighted by atomic mass is 19.1. The molecule has 1 N–H and O–H groups in total. The van der Waals surface area contributed by atoms with Crippen molar-refractivity contribution in [2.45, 2.75) is 65.8 Å². The first-order valence-corrected chi connectivity index (χ1v) is 7.94. The molecule has 2 heteroatoms. The zero-order valence-corrected chi connectivity index (χ0v) is 13.5. The Kier molecular flexibility index (Phi) is 4.53. The Labute approximate surface area is 123 Å². The summed E-state index contributed by atoms with van der Waals surface area (Å²) < 4.78 is 13.8. The van der Waals surface area contributed by atoms with E-state index in [1.165, 1.54) is 18.4 Å². The van der Waals surface area contributed by atoms with Crippen LogP contribution in [-0.2, 0) is 0 Å². The van der Waals surface area contributed by atoms with Gasteiger partial charge in [-0.05, 0) is 67.7 Å². The van der Waals surface area contributed by atoms with E-state index in [-0.39, 0.29) is 5.82 Å². The standard InChI is InChI=1S/C18H28FN/c1-6-8-20-16-11-15(18(16,5)7-2)14-9-12(3)17(19)13(4)10-14/h9-10,15-16,20H,6-8,11H2,1-5H3. The van der Waals surface area contributed by atoms with E-state index >= 15 is 0 Å². The quantitative estimate of drug-likeness (QED) is 0.821. The van der Waals surface area contributed by atoms with Gasteiger partial charge in [0, 0.05) is 6.04 Å². The van der Waals surface area contributed by atoms with Crippen LogP contribution in [0.3, 0.4) is 0 Å². The third-order valence-corrected chi connectivity index (χ3v) is 5.33. The maximum Gasteiger partial charge on any atom is 0.129 e. The van der Waals surface area contributed by atoms with E-state index in [1.54, 1.807) is 0 Å². The second-order valence-electron chi connectivity index (χ2n) is 6.62. The van der Waals surface area contributed by atoms with Crippen molar-refractivity contribution >= 4 is 0 Å². The summed E-state index contributed by atoms with van der Waals surface area (Å²) in [5, 5.41) is 3.68. The van der Waals surface area contributed by atoms with Gasteiger partial charge in [-0.2, -0.15) is 0 Å². The monoisotopic (exact) mass is 277 g/mol. The summed E-state index contributed by atoms with van der Waals surface area (Å²) in [7, 11) is 0. The minimum atomic E-state index is -0.0491. The molecule has 1 nitrogen and oxygen atoms in total. The lowest BCUT2D eigenvalue weighted by atomic mass is 9.54. The SMILES string of the molecule is CCCNC1CC(c2cc(C)c(F)c(C)c2)C1(C)CC. The molecule has 0 radical (unpaired) electrons. The second kappa shape index (κ2) is 5.85. The van der Waals surface area contributed by atoms with Crippen molar-refractivity contribution in [3.8, 4) is 0 Å². The molecular weight excluding hydrogens is 249 g/mol. The Morgan fingerprint density at radius 2 is 1.85 bits per heavy atom. The topological polar surface area (TPSA) is 12.0 Å². The van der Waals surface area contributed by atoms with Gasteiger partial charge in [-0.1, -0.05) is 32.9 Å². The van der Waals surface area contributed by atoms with E-state index in [0.717, 1.165) is 24.1 Å². The fourth-order valence-electron chi connectivity index (χ4n) is 3.68. The summed E-state index contributed by atoms with van der Waals surface area (Å²) in [6.45, 7) is 11.7. The maximum absolute atomic E-state index is 13.8. The number of benzene rings is 1. The fourth-order valence-corrected chi connectivity index (χ4v) is 3.68. The molecule has 1 aromatic carbocycles. The molecule has 0 spiro atoms. The van der Waals surface area contributed by atoms with Gasteiger partial charge in [-0.25, -0.2) is 4.39 Å². The van der Waals surface area contributed by atoms with Crippen LogP contribution in [-0.4, -0.2) is 12.6 Å². The molecule has 3 atom stereocenters. The highest BCUT2D eigenvalue weighted by molar-refractivity contribution is 5.36. The van der Waals surface area contributed by atoms with E-state index in [9.17, 15) is 4.39 Å². The number of hydrogen-bond acceptors (Lipinski definition) is 1. The number of rotatable bonds is 5. The van der Waals surface area contributed by atoms with E-state index in [0.29, 0.717) is 17.4 Å². The van der Waals surface area contributed by atoms with Crippen LogP contribution in [0.25, 0.3) is 0 Å². The zero-order chi connectivity index (χ0) is 14.9. The van der Waals surface area contributed by atoms with Gasteiger partial charge in [0.15, 0.2) is 0 Å². The van der Waals surface area contributed by atoms with E-state index in [2.05, 4.69) is 38.2 Å². The van der Waals surface area contributed by atoms with Gasteiger partial charge in [0.2, 0.25) is 0 Å². The minimum Gasteiger partial charge on any atom is -0.313 e. The predicted octanol–water partition coefficient (Wildman–Crippen LogP) is 4.71. The van der Waals surface area contributed by atoms with Crippen molar-refractivity contribution in [1.29, 1.82) is 0 Å². The molecule has 0 aliphatic heterocycles. The molecule has 3 unspecified atom stereocenters. The van der Waals surface area contributed by atoms with Crippen LogP contribution in [0.4, 0.5) is 4.39 Å². The third-order valence-electron chi connectivity index (χ3n) is 5.33. The number of aryl methyl sites for hydroxylation is 2. The molecule has 112 valence electrons. The Bertz CT molecular complexity index is 459. The maximum atomic E-state index is 13.8. The molecule has 0 aromatic heterocycles. The first-order valence-electron chi connectivity index (χ1n) is 7.94. The zero-order valence-electron chi connectivity index (χ0n) is 13.5. The second-order valence-corrected chi connectivity index (χ2v) is 6.62. The molecule has 1 aliphatic carbocycles. The average molecular weight is 277 g/mol. The lowest BCUT2D eigenvalue weighted by Crippen LogP contribution is -2.56. The molecule has 1 fully saturated rings. The molecule has 1 saturated carbocycles. The van der Waals surface area contributed by atoms with Crippen LogP contribution in [0.15, 0.2) is 12.1 Å². The Morgan fingerprint density at radius 3 is 2.35 bits per heavy atom. The lowest BCUT2D eigenvalue weighted by Gasteiger charge is -2.55. The van der Waals surface area contributed by atoms with Crippen molar-refractivity contribution in [1.82, 2.24) is 5.32 Å². The van der Waals surface area contributed by atoms with E-state index in [1.807, 2.05) is 13.8 Å². The Hall–Kier alpha value is -0.890. The highest BCUT2D eigenvalue weighted by Crippen LogP contribution is 2.55. The van der Waals surface area contributed by atoms with Gasteiger partial charge in [0.05, 0.1) is 0 Å². The predicted molar refractivity (Wildman–Crippen MR) is 83.7 cm³/mol. The summed E-state index contributed by atoms with van der Waals surface area (Å²) in [6, 6.07) is 4.71. The molecule has 0 heterocycles. The lowest BCUT2D eigenvalue weighted by molar-refractivity contribution is 0.0444. The molecule has 1 aromatic rings. The first kappa shape index (κ1) is 15.5. The summed E-state index contributed by atoms with van der Waals surface area (Å²) >= 11 is 0. The van der Waals surface area contributed by atoms with Crippen molar-refractivity contribution in [3.05, 3.63) is 34.6 Å². The van der Waals surface area contributed by atoms with Crippen LogP contribution in [0, 0.1) is 25.1 Å². The van der Waals surface area contributed by atoms with Gasteiger partial charge in [-0.15, -0.1) is 0 Å². The molecule has 0 bridgehead atoms.